The van der Waals surface area contributed by atoms with E-state index in [0.29, 0.717) is 22.2 Å². The Kier molecular flexibility index (Phi) is 4.47. The first-order valence-corrected chi connectivity index (χ1v) is 6.79. The molecule has 112 valence electrons. The van der Waals surface area contributed by atoms with Crippen molar-refractivity contribution in [2.75, 3.05) is 7.11 Å². The minimum absolute atomic E-state index is 0.190. The lowest BCUT2D eigenvalue weighted by atomic mass is 10.2. The van der Waals surface area contributed by atoms with E-state index in [1.54, 1.807) is 46.1 Å². The van der Waals surface area contributed by atoms with Gasteiger partial charge in [0.05, 0.1) is 29.6 Å². The van der Waals surface area contributed by atoms with Crippen LogP contribution in [0, 0.1) is 6.92 Å². The quantitative estimate of drug-likeness (QED) is 0.812. The molecule has 0 aliphatic rings. The lowest BCUT2D eigenvalue weighted by Gasteiger charge is -2.08. The number of ether oxygens (including phenoxy) is 2. The number of rotatable bonds is 4. The second-order valence-electron chi connectivity index (χ2n) is 4.71. The fraction of sp³-hybridized carbons (Fsp3) is 0.357. The van der Waals surface area contributed by atoms with Crippen molar-refractivity contribution in [3.63, 3.8) is 0 Å². The number of aromatic nitrogens is 3. The van der Waals surface area contributed by atoms with Crippen LogP contribution < -0.4 is 4.74 Å². The van der Waals surface area contributed by atoms with E-state index in [4.69, 9.17) is 21.1 Å². The summed E-state index contributed by atoms with van der Waals surface area (Å²) in [6, 6.07) is 5.20. The summed E-state index contributed by atoms with van der Waals surface area (Å²) < 4.78 is 11.8. The molecule has 0 unspecified atom stereocenters. The summed E-state index contributed by atoms with van der Waals surface area (Å²) in [5, 5.41) is 8.31. The standard InChI is InChI=1S/C14H16ClN3O3/c1-8(2)21-14(19)13-9(3)18(17-16-13)10-5-6-12(20-4)11(15)7-10/h5-8H,1-4H3. The Labute approximate surface area is 127 Å². The van der Waals surface area contributed by atoms with Gasteiger partial charge in [0.1, 0.15) is 5.75 Å². The molecule has 1 aromatic carbocycles. The van der Waals surface area contributed by atoms with Crippen LogP contribution in [0.1, 0.15) is 30.0 Å². The van der Waals surface area contributed by atoms with E-state index in [0.717, 1.165) is 0 Å². The van der Waals surface area contributed by atoms with E-state index >= 15 is 0 Å². The molecule has 0 spiro atoms. The van der Waals surface area contributed by atoms with Crippen molar-refractivity contribution in [1.82, 2.24) is 15.0 Å². The molecule has 0 radical (unpaired) electrons. The first-order chi connectivity index (χ1) is 9.93. The Balaban J connectivity index is 2.36. The topological polar surface area (TPSA) is 66.2 Å². The second kappa shape index (κ2) is 6.13. The van der Waals surface area contributed by atoms with Gasteiger partial charge in [-0.2, -0.15) is 0 Å². The van der Waals surface area contributed by atoms with Crippen LogP contribution in [-0.2, 0) is 4.74 Å². The van der Waals surface area contributed by atoms with Gasteiger partial charge in [0.2, 0.25) is 0 Å². The number of hydrogen-bond donors (Lipinski definition) is 0. The van der Waals surface area contributed by atoms with Crippen molar-refractivity contribution >= 4 is 17.6 Å². The smallest absolute Gasteiger partial charge is 0.361 e. The van der Waals surface area contributed by atoms with E-state index in [9.17, 15) is 4.79 Å². The number of nitrogens with zero attached hydrogens (tertiary/aromatic N) is 3. The zero-order chi connectivity index (χ0) is 15.6. The summed E-state index contributed by atoms with van der Waals surface area (Å²) >= 11 is 6.09. The van der Waals surface area contributed by atoms with E-state index < -0.39 is 5.97 Å². The third kappa shape index (κ3) is 3.16. The normalized spacial score (nSPS) is 10.8. The molecule has 6 nitrogen and oxygen atoms in total. The van der Waals surface area contributed by atoms with Gasteiger partial charge >= 0.3 is 5.97 Å². The van der Waals surface area contributed by atoms with E-state index in [-0.39, 0.29) is 11.8 Å². The van der Waals surface area contributed by atoms with Crippen LogP contribution in [0.5, 0.6) is 5.75 Å². The molecule has 0 amide bonds. The monoisotopic (exact) mass is 309 g/mol. The summed E-state index contributed by atoms with van der Waals surface area (Å²) in [5.41, 5.74) is 1.46. The van der Waals surface area contributed by atoms with Gasteiger partial charge in [0.15, 0.2) is 5.69 Å². The molecule has 0 aliphatic heterocycles. The molecule has 0 fully saturated rings. The molecular weight excluding hydrogens is 294 g/mol. The molecule has 1 heterocycles. The van der Waals surface area contributed by atoms with Gasteiger partial charge in [-0.1, -0.05) is 16.8 Å². The Morgan fingerprint density at radius 1 is 1.38 bits per heavy atom. The summed E-state index contributed by atoms with van der Waals surface area (Å²) in [5.74, 6) is 0.0750. The highest BCUT2D eigenvalue weighted by Gasteiger charge is 2.20. The van der Waals surface area contributed by atoms with Gasteiger partial charge in [-0.05, 0) is 39.0 Å². The van der Waals surface area contributed by atoms with Crippen LogP contribution in [-0.4, -0.2) is 34.2 Å². The Morgan fingerprint density at radius 3 is 2.67 bits per heavy atom. The predicted octanol–water partition coefficient (Wildman–Crippen LogP) is 2.80. The molecule has 2 aromatic rings. The van der Waals surface area contributed by atoms with Crippen LogP contribution >= 0.6 is 11.6 Å². The van der Waals surface area contributed by atoms with Crippen LogP contribution in [0.2, 0.25) is 5.02 Å². The lowest BCUT2D eigenvalue weighted by molar-refractivity contribution is 0.0370. The zero-order valence-electron chi connectivity index (χ0n) is 12.3. The summed E-state index contributed by atoms with van der Waals surface area (Å²) in [6.45, 7) is 5.30. The number of carbonyl (C=O) groups is 1. The van der Waals surface area contributed by atoms with Crippen LogP contribution in [0.15, 0.2) is 18.2 Å². The average molecular weight is 310 g/mol. The van der Waals surface area contributed by atoms with Crippen molar-refractivity contribution in [1.29, 1.82) is 0 Å². The molecule has 7 heteroatoms. The third-order valence-electron chi connectivity index (χ3n) is 2.81. The molecule has 0 saturated carbocycles. The van der Waals surface area contributed by atoms with Crippen LogP contribution in [0.25, 0.3) is 5.69 Å². The number of hydrogen-bond acceptors (Lipinski definition) is 5. The van der Waals surface area contributed by atoms with Gasteiger partial charge in [0, 0.05) is 0 Å². The number of methoxy groups -OCH3 is 1. The molecule has 0 bridgehead atoms. The number of halogens is 1. The molecule has 0 aliphatic carbocycles. The fourth-order valence-electron chi connectivity index (χ4n) is 1.82. The second-order valence-corrected chi connectivity index (χ2v) is 5.12. The number of esters is 1. The van der Waals surface area contributed by atoms with Crippen molar-refractivity contribution in [2.45, 2.75) is 26.9 Å². The highest BCUT2D eigenvalue weighted by Crippen LogP contribution is 2.27. The molecule has 1 aromatic heterocycles. The van der Waals surface area contributed by atoms with E-state index in [1.165, 1.54) is 4.68 Å². The van der Waals surface area contributed by atoms with Gasteiger partial charge in [-0.3, -0.25) is 0 Å². The van der Waals surface area contributed by atoms with E-state index in [2.05, 4.69) is 10.3 Å². The first kappa shape index (κ1) is 15.3. The maximum absolute atomic E-state index is 11.9. The molecule has 0 N–H and O–H groups in total. The molecule has 0 saturated heterocycles. The Hall–Kier alpha value is -2.08. The fourth-order valence-corrected chi connectivity index (χ4v) is 2.07. The predicted molar refractivity (Wildman–Crippen MR) is 78.2 cm³/mol. The minimum Gasteiger partial charge on any atom is -0.495 e. The van der Waals surface area contributed by atoms with Crippen LogP contribution in [0.4, 0.5) is 0 Å². The summed E-state index contributed by atoms with van der Waals surface area (Å²) in [7, 11) is 1.54. The maximum Gasteiger partial charge on any atom is 0.361 e. The minimum atomic E-state index is -0.492. The van der Waals surface area contributed by atoms with Crippen LogP contribution in [0.3, 0.4) is 0 Å². The molecule has 0 atom stereocenters. The summed E-state index contributed by atoms with van der Waals surface area (Å²) in [6.07, 6.45) is -0.211. The van der Waals surface area contributed by atoms with Crippen molar-refractivity contribution in [3.8, 4) is 11.4 Å². The van der Waals surface area contributed by atoms with Gasteiger partial charge < -0.3 is 9.47 Å². The Morgan fingerprint density at radius 2 is 2.10 bits per heavy atom. The third-order valence-corrected chi connectivity index (χ3v) is 3.11. The van der Waals surface area contributed by atoms with Crippen molar-refractivity contribution in [2.24, 2.45) is 0 Å². The van der Waals surface area contributed by atoms with Crippen molar-refractivity contribution in [3.05, 3.63) is 34.6 Å². The highest BCUT2D eigenvalue weighted by molar-refractivity contribution is 6.32. The first-order valence-electron chi connectivity index (χ1n) is 6.41. The maximum atomic E-state index is 11.9. The van der Waals surface area contributed by atoms with Gasteiger partial charge in [-0.15, -0.1) is 5.10 Å². The Bertz CT molecular complexity index is 667. The number of carbonyl (C=O) groups excluding carboxylic acids is 1. The largest absolute Gasteiger partial charge is 0.495 e. The molecule has 21 heavy (non-hydrogen) atoms. The van der Waals surface area contributed by atoms with Gasteiger partial charge in [-0.25, -0.2) is 9.48 Å². The highest BCUT2D eigenvalue weighted by atomic mass is 35.5. The molecular formula is C14H16ClN3O3. The zero-order valence-corrected chi connectivity index (χ0v) is 13.0. The average Bonchev–Trinajstić information content (AvgIpc) is 2.79. The van der Waals surface area contributed by atoms with Crippen molar-refractivity contribution < 1.29 is 14.3 Å². The van der Waals surface area contributed by atoms with E-state index in [1.807, 2.05) is 0 Å². The SMILES string of the molecule is COc1ccc(-n2nnc(C(=O)OC(C)C)c2C)cc1Cl. The number of benzene rings is 1. The molecule has 2 rings (SSSR count). The van der Waals surface area contributed by atoms with Gasteiger partial charge in [0.25, 0.3) is 0 Å². The summed E-state index contributed by atoms with van der Waals surface area (Å²) in [4.78, 5) is 11.9. The lowest BCUT2D eigenvalue weighted by Crippen LogP contribution is -2.13.